The van der Waals surface area contributed by atoms with Crippen molar-refractivity contribution in [3.63, 3.8) is 0 Å². The van der Waals surface area contributed by atoms with Crippen LogP contribution >= 0.6 is 11.8 Å². The molecule has 3 rings (SSSR count). The molecular weight excluding hydrogens is 282 g/mol. The van der Waals surface area contributed by atoms with Gasteiger partial charge in [0.15, 0.2) is 0 Å². The normalized spacial score (nSPS) is 23.6. The van der Waals surface area contributed by atoms with E-state index in [1.807, 2.05) is 19.2 Å². The van der Waals surface area contributed by atoms with Gasteiger partial charge in [0.2, 0.25) is 5.91 Å². The number of aliphatic hydroxyl groups is 1. The van der Waals surface area contributed by atoms with Gasteiger partial charge in [-0.15, -0.1) is 11.8 Å². The minimum Gasteiger partial charge on any atom is -0.388 e. The lowest BCUT2D eigenvalue weighted by atomic mass is 9.99. The fourth-order valence-corrected chi connectivity index (χ4v) is 4.81. The lowest BCUT2D eigenvalue weighted by Crippen LogP contribution is -2.43. The maximum Gasteiger partial charge on any atom is 0.240 e. The zero-order valence-electron chi connectivity index (χ0n) is 12.5. The molecule has 4 heteroatoms. The first-order chi connectivity index (χ1) is 10.1. The van der Waals surface area contributed by atoms with E-state index in [9.17, 15) is 9.90 Å². The van der Waals surface area contributed by atoms with Crippen molar-refractivity contribution in [2.24, 2.45) is 0 Å². The summed E-state index contributed by atoms with van der Waals surface area (Å²) < 4.78 is 0. The number of thioether (sulfide) groups is 1. The fraction of sp³-hybridized carbons (Fsp3) is 0.588. The lowest BCUT2D eigenvalue weighted by molar-refractivity contribution is -0.132. The molecule has 0 bridgehead atoms. The van der Waals surface area contributed by atoms with E-state index in [1.54, 1.807) is 16.7 Å². The third kappa shape index (κ3) is 3.11. The maximum absolute atomic E-state index is 12.8. The molecule has 1 amide bonds. The van der Waals surface area contributed by atoms with E-state index in [4.69, 9.17) is 0 Å². The molecule has 2 aliphatic rings. The number of amides is 1. The van der Waals surface area contributed by atoms with Crippen LogP contribution in [0, 0.1) is 0 Å². The Kier molecular flexibility index (Phi) is 4.27. The van der Waals surface area contributed by atoms with Gasteiger partial charge in [-0.25, -0.2) is 0 Å². The standard InChI is InChI=1S/C17H23NO2S/c1-18(12-17(20)9-4-5-10-17)16(19)15-14-7-3-2-6-13(14)8-11-21-15/h2-3,6-7,15,20H,4-5,8-12H2,1H3. The summed E-state index contributed by atoms with van der Waals surface area (Å²) in [5.74, 6) is 1.12. The Morgan fingerprint density at radius 1 is 1.38 bits per heavy atom. The van der Waals surface area contributed by atoms with E-state index >= 15 is 0 Å². The average molecular weight is 305 g/mol. The Morgan fingerprint density at radius 3 is 2.86 bits per heavy atom. The highest BCUT2D eigenvalue weighted by Gasteiger charge is 2.36. The molecule has 21 heavy (non-hydrogen) atoms. The highest BCUT2D eigenvalue weighted by Crippen LogP contribution is 2.38. The number of fused-ring (bicyclic) bond motifs is 1. The Balaban J connectivity index is 1.73. The predicted molar refractivity (Wildman–Crippen MR) is 86.4 cm³/mol. The minimum absolute atomic E-state index is 0.107. The number of carbonyl (C=O) groups is 1. The predicted octanol–water partition coefficient (Wildman–Crippen LogP) is 2.78. The molecule has 0 spiro atoms. The van der Waals surface area contributed by atoms with Crippen molar-refractivity contribution in [1.82, 2.24) is 4.90 Å². The second-order valence-corrected chi connectivity index (χ2v) is 7.54. The van der Waals surface area contributed by atoms with E-state index in [0.29, 0.717) is 6.54 Å². The summed E-state index contributed by atoms with van der Waals surface area (Å²) in [6, 6.07) is 8.25. The third-order valence-corrected chi connectivity index (χ3v) is 5.89. The van der Waals surface area contributed by atoms with Crippen LogP contribution in [-0.2, 0) is 11.2 Å². The molecule has 1 fully saturated rings. The molecule has 1 aliphatic heterocycles. The monoisotopic (exact) mass is 305 g/mol. The smallest absolute Gasteiger partial charge is 0.240 e. The Bertz CT molecular complexity index is 525. The molecular formula is C17H23NO2S. The van der Waals surface area contributed by atoms with Crippen molar-refractivity contribution in [2.45, 2.75) is 43.0 Å². The zero-order chi connectivity index (χ0) is 14.9. The number of carbonyl (C=O) groups excluding carboxylic acids is 1. The number of hydrogen-bond donors (Lipinski definition) is 1. The van der Waals surface area contributed by atoms with Crippen molar-refractivity contribution in [2.75, 3.05) is 19.3 Å². The second-order valence-electron chi connectivity index (χ2n) is 6.33. The Labute approximate surface area is 130 Å². The Morgan fingerprint density at radius 2 is 2.10 bits per heavy atom. The van der Waals surface area contributed by atoms with Crippen molar-refractivity contribution >= 4 is 17.7 Å². The van der Waals surface area contributed by atoms with Gasteiger partial charge in [0, 0.05) is 13.6 Å². The van der Waals surface area contributed by atoms with E-state index in [0.717, 1.165) is 43.4 Å². The van der Waals surface area contributed by atoms with Gasteiger partial charge in [-0.05, 0) is 36.1 Å². The molecule has 1 heterocycles. The average Bonchev–Trinajstić information content (AvgIpc) is 2.92. The summed E-state index contributed by atoms with van der Waals surface area (Å²) in [7, 11) is 1.83. The van der Waals surface area contributed by atoms with Crippen molar-refractivity contribution in [1.29, 1.82) is 0 Å². The maximum atomic E-state index is 12.8. The molecule has 3 nitrogen and oxygen atoms in total. The molecule has 1 unspecified atom stereocenters. The highest BCUT2D eigenvalue weighted by molar-refractivity contribution is 8.00. The minimum atomic E-state index is -0.663. The molecule has 1 aromatic carbocycles. The number of benzene rings is 1. The van der Waals surface area contributed by atoms with E-state index in [1.165, 1.54) is 5.56 Å². The van der Waals surface area contributed by atoms with Crippen LogP contribution in [-0.4, -0.2) is 40.9 Å². The van der Waals surface area contributed by atoms with E-state index < -0.39 is 5.60 Å². The molecule has 1 atom stereocenters. The quantitative estimate of drug-likeness (QED) is 0.933. The second kappa shape index (κ2) is 6.01. The summed E-state index contributed by atoms with van der Waals surface area (Å²) in [5.41, 5.74) is 1.79. The zero-order valence-corrected chi connectivity index (χ0v) is 13.4. The van der Waals surface area contributed by atoms with Crippen molar-refractivity contribution in [3.05, 3.63) is 35.4 Å². The third-order valence-electron chi connectivity index (χ3n) is 4.66. The fourth-order valence-electron chi connectivity index (χ4n) is 3.51. The first kappa shape index (κ1) is 14.9. The summed E-state index contributed by atoms with van der Waals surface area (Å²) in [4.78, 5) is 14.5. The Hall–Kier alpha value is -1.00. The molecule has 114 valence electrons. The number of aryl methyl sites for hydroxylation is 1. The highest BCUT2D eigenvalue weighted by atomic mass is 32.2. The molecule has 1 N–H and O–H groups in total. The number of hydrogen-bond acceptors (Lipinski definition) is 3. The van der Waals surface area contributed by atoms with Gasteiger partial charge in [0.1, 0.15) is 5.25 Å². The van der Waals surface area contributed by atoms with Crippen LogP contribution in [0.3, 0.4) is 0 Å². The summed E-state index contributed by atoms with van der Waals surface area (Å²) in [6.07, 6.45) is 4.81. The van der Waals surface area contributed by atoms with Gasteiger partial charge in [-0.2, -0.15) is 0 Å². The van der Waals surface area contributed by atoms with E-state index in [-0.39, 0.29) is 11.2 Å². The topological polar surface area (TPSA) is 40.5 Å². The van der Waals surface area contributed by atoms with Crippen LogP contribution < -0.4 is 0 Å². The number of likely N-dealkylation sites (N-methyl/N-ethyl adjacent to an activating group) is 1. The van der Waals surface area contributed by atoms with Gasteiger partial charge < -0.3 is 10.0 Å². The van der Waals surface area contributed by atoms with Gasteiger partial charge >= 0.3 is 0 Å². The van der Waals surface area contributed by atoms with Crippen molar-refractivity contribution in [3.8, 4) is 0 Å². The van der Waals surface area contributed by atoms with Crippen LogP contribution in [0.2, 0.25) is 0 Å². The molecule has 1 saturated carbocycles. The summed E-state index contributed by atoms with van der Waals surface area (Å²) in [6.45, 7) is 0.463. The SMILES string of the molecule is CN(CC1(O)CCCC1)C(=O)C1SCCc2ccccc21. The number of rotatable bonds is 3. The first-order valence-electron chi connectivity index (χ1n) is 7.76. The molecule has 0 radical (unpaired) electrons. The van der Waals surface area contributed by atoms with Gasteiger partial charge in [0.05, 0.1) is 5.60 Å². The first-order valence-corrected chi connectivity index (χ1v) is 8.81. The molecule has 0 saturated heterocycles. The summed E-state index contributed by atoms with van der Waals surface area (Å²) >= 11 is 1.73. The van der Waals surface area contributed by atoms with Crippen LogP contribution in [0.5, 0.6) is 0 Å². The lowest BCUT2D eigenvalue weighted by Gasteiger charge is -2.32. The van der Waals surface area contributed by atoms with E-state index in [2.05, 4.69) is 12.1 Å². The van der Waals surface area contributed by atoms with Gasteiger partial charge in [0.25, 0.3) is 0 Å². The van der Waals surface area contributed by atoms with Gasteiger partial charge in [-0.1, -0.05) is 37.1 Å². The van der Waals surface area contributed by atoms with Gasteiger partial charge in [-0.3, -0.25) is 4.79 Å². The molecule has 0 aromatic heterocycles. The summed E-state index contributed by atoms with van der Waals surface area (Å²) in [5, 5.41) is 10.4. The molecule has 1 aliphatic carbocycles. The van der Waals surface area contributed by atoms with Crippen LogP contribution in [0.25, 0.3) is 0 Å². The van der Waals surface area contributed by atoms with Crippen LogP contribution in [0.1, 0.15) is 42.1 Å². The van der Waals surface area contributed by atoms with Crippen LogP contribution in [0.15, 0.2) is 24.3 Å². The van der Waals surface area contributed by atoms with Crippen LogP contribution in [0.4, 0.5) is 0 Å². The number of nitrogens with zero attached hydrogens (tertiary/aromatic N) is 1. The van der Waals surface area contributed by atoms with Crippen molar-refractivity contribution < 1.29 is 9.90 Å². The largest absolute Gasteiger partial charge is 0.388 e. The molecule has 1 aromatic rings.